The number of esters is 1. The molecule has 2 rings (SSSR count). The standard InChI is InChI=1S/C20H21NO9S2/c1-28-20(22)19-13-16(12-17(21-19)14-30-31(2,23)24)5-4-15-6-8-18(9-7-15)29-10-3-11-32(25,26)27/h6-9,12-13H,3,10-11,14H2,1-2H3,(H,25,26,27). The highest BCUT2D eigenvalue weighted by atomic mass is 32.2. The largest absolute Gasteiger partial charge is 0.494 e. The van der Waals surface area contributed by atoms with Crippen LogP contribution in [0.4, 0.5) is 0 Å². The fourth-order valence-corrected chi connectivity index (χ4v) is 3.14. The number of rotatable bonds is 9. The molecular formula is C20H21NO9S2. The quantitative estimate of drug-likeness (QED) is 0.182. The summed E-state index contributed by atoms with van der Waals surface area (Å²) in [6, 6.07) is 9.57. The summed E-state index contributed by atoms with van der Waals surface area (Å²) in [7, 11) is -6.51. The first-order chi connectivity index (χ1) is 14.9. The fourth-order valence-electron chi connectivity index (χ4n) is 2.32. The highest BCUT2D eigenvalue weighted by Crippen LogP contribution is 2.13. The van der Waals surface area contributed by atoms with Gasteiger partial charge in [-0.1, -0.05) is 11.8 Å². The van der Waals surface area contributed by atoms with E-state index in [1.807, 2.05) is 0 Å². The fraction of sp³-hybridized carbons (Fsp3) is 0.300. The van der Waals surface area contributed by atoms with Gasteiger partial charge in [-0.2, -0.15) is 16.8 Å². The molecule has 1 aromatic heterocycles. The van der Waals surface area contributed by atoms with E-state index in [0.29, 0.717) is 16.9 Å². The predicted molar refractivity (Wildman–Crippen MR) is 114 cm³/mol. The van der Waals surface area contributed by atoms with Gasteiger partial charge >= 0.3 is 5.97 Å². The highest BCUT2D eigenvalue weighted by Gasteiger charge is 2.12. The van der Waals surface area contributed by atoms with Gasteiger partial charge in [0, 0.05) is 11.1 Å². The van der Waals surface area contributed by atoms with Crippen molar-refractivity contribution in [3.05, 3.63) is 58.9 Å². The van der Waals surface area contributed by atoms with E-state index < -0.39 is 26.2 Å². The molecule has 0 saturated heterocycles. The first-order valence-corrected chi connectivity index (χ1v) is 12.5. The van der Waals surface area contributed by atoms with Crippen LogP contribution in [-0.2, 0) is 35.8 Å². The van der Waals surface area contributed by atoms with Crippen molar-refractivity contribution in [1.82, 2.24) is 4.98 Å². The number of pyridine rings is 1. The second-order valence-corrected chi connectivity index (χ2v) is 9.67. The third kappa shape index (κ3) is 9.44. The summed E-state index contributed by atoms with van der Waals surface area (Å²) in [6.07, 6.45) is 1.05. The molecule has 0 spiro atoms. The van der Waals surface area contributed by atoms with Crippen molar-refractivity contribution in [2.24, 2.45) is 0 Å². The number of ether oxygens (including phenoxy) is 2. The summed E-state index contributed by atoms with van der Waals surface area (Å²) in [5, 5.41) is 0. The van der Waals surface area contributed by atoms with Crippen LogP contribution in [0.1, 0.15) is 33.7 Å². The monoisotopic (exact) mass is 483 g/mol. The normalized spacial score (nSPS) is 11.3. The van der Waals surface area contributed by atoms with Gasteiger partial charge in [0.15, 0.2) is 0 Å². The molecule has 0 radical (unpaired) electrons. The van der Waals surface area contributed by atoms with E-state index in [2.05, 4.69) is 21.6 Å². The van der Waals surface area contributed by atoms with Gasteiger partial charge in [-0.05, 0) is 42.8 Å². The van der Waals surface area contributed by atoms with Gasteiger partial charge in [-0.25, -0.2) is 9.78 Å². The molecular weight excluding hydrogens is 462 g/mol. The summed E-state index contributed by atoms with van der Waals surface area (Å²) in [4.78, 5) is 15.9. The number of aromatic nitrogens is 1. The maximum atomic E-state index is 11.8. The molecule has 0 aliphatic heterocycles. The topological polar surface area (TPSA) is 146 Å². The Labute approximate surface area is 186 Å². The Morgan fingerprint density at radius 3 is 2.31 bits per heavy atom. The third-order valence-corrected chi connectivity index (χ3v) is 5.07. The first kappa shape index (κ1) is 25.3. The van der Waals surface area contributed by atoms with Crippen LogP contribution in [0.25, 0.3) is 0 Å². The van der Waals surface area contributed by atoms with Gasteiger partial charge in [0.25, 0.3) is 20.2 Å². The van der Waals surface area contributed by atoms with E-state index in [0.717, 1.165) is 6.26 Å². The third-order valence-electron chi connectivity index (χ3n) is 3.71. The molecule has 0 bridgehead atoms. The summed E-state index contributed by atoms with van der Waals surface area (Å²) in [6.45, 7) is -0.238. The minimum Gasteiger partial charge on any atom is -0.494 e. The van der Waals surface area contributed by atoms with E-state index in [1.54, 1.807) is 24.3 Å². The summed E-state index contributed by atoms with van der Waals surface area (Å²) in [5.41, 5.74) is 1.18. The Kier molecular flexibility index (Phi) is 8.73. The summed E-state index contributed by atoms with van der Waals surface area (Å²) < 4.78 is 67.2. The van der Waals surface area contributed by atoms with E-state index in [4.69, 9.17) is 13.5 Å². The molecule has 1 heterocycles. The lowest BCUT2D eigenvalue weighted by molar-refractivity contribution is 0.0593. The Balaban J connectivity index is 2.13. The Morgan fingerprint density at radius 2 is 1.72 bits per heavy atom. The SMILES string of the molecule is COC(=O)c1cc(C#Cc2ccc(OCCCS(=O)(=O)O)cc2)cc(COS(C)(=O)=O)n1. The minimum atomic E-state index is -4.01. The lowest BCUT2D eigenvalue weighted by Gasteiger charge is -2.05. The maximum absolute atomic E-state index is 11.8. The predicted octanol–water partition coefficient (Wildman–Crippen LogP) is 1.40. The molecule has 1 N–H and O–H groups in total. The van der Waals surface area contributed by atoms with Crippen LogP contribution in [0, 0.1) is 11.8 Å². The second kappa shape index (κ2) is 11.1. The van der Waals surface area contributed by atoms with Crippen molar-refractivity contribution in [3.8, 4) is 17.6 Å². The second-order valence-electron chi connectivity index (χ2n) is 6.45. The van der Waals surface area contributed by atoms with Crippen LogP contribution in [-0.4, -0.2) is 58.1 Å². The molecule has 1 aromatic carbocycles. The van der Waals surface area contributed by atoms with Crippen molar-refractivity contribution in [1.29, 1.82) is 0 Å². The van der Waals surface area contributed by atoms with Crippen molar-refractivity contribution in [2.45, 2.75) is 13.0 Å². The smallest absolute Gasteiger partial charge is 0.356 e. The van der Waals surface area contributed by atoms with E-state index in [-0.39, 0.29) is 36.8 Å². The average Bonchev–Trinajstić information content (AvgIpc) is 2.73. The van der Waals surface area contributed by atoms with Gasteiger partial charge < -0.3 is 9.47 Å². The Hall–Kier alpha value is -2.98. The molecule has 172 valence electrons. The molecule has 0 aliphatic carbocycles. The van der Waals surface area contributed by atoms with Gasteiger partial charge in [0.2, 0.25) is 0 Å². The number of benzene rings is 1. The number of carbonyl (C=O) groups excluding carboxylic acids is 1. The molecule has 32 heavy (non-hydrogen) atoms. The molecule has 0 aliphatic rings. The molecule has 2 aromatic rings. The molecule has 12 heteroatoms. The molecule has 0 amide bonds. The van der Waals surface area contributed by atoms with E-state index in [1.165, 1.54) is 19.2 Å². The number of hydrogen-bond donors (Lipinski definition) is 1. The van der Waals surface area contributed by atoms with Crippen molar-refractivity contribution < 1.29 is 39.8 Å². The maximum Gasteiger partial charge on any atom is 0.356 e. The number of hydrogen-bond acceptors (Lipinski definition) is 9. The van der Waals surface area contributed by atoms with Crippen LogP contribution < -0.4 is 4.74 Å². The van der Waals surface area contributed by atoms with Crippen molar-refractivity contribution in [2.75, 3.05) is 25.7 Å². The van der Waals surface area contributed by atoms with Crippen LogP contribution in [0.15, 0.2) is 36.4 Å². The van der Waals surface area contributed by atoms with Gasteiger partial charge in [-0.3, -0.25) is 8.74 Å². The number of carbonyl (C=O) groups is 1. The van der Waals surface area contributed by atoms with Gasteiger partial charge in [0.1, 0.15) is 18.1 Å². The summed E-state index contributed by atoms with van der Waals surface area (Å²) >= 11 is 0. The molecule has 0 atom stereocenters. The summed E-state index contributed by atoms with van der Waals surface area (Å²) in [5.74, 6) is 5.19. The first-order valence-electron chi connectivity index (χ1n) is 9.09. The van der Waals surface area contributed by atoms with E-state index >= 15 is 0 Å². The molecule has 0 fully saturated rings. The zero-order valence-electron chi connectivity index (χ0n) is 17.3. The number of methoxy groups -OCH3 is 1. The van der Waals surface area contributed by atoms with Crippen molar-refractivity contribution >= 4 is 26.2 Å². The average molecular weight is 484 g/mol. The van der Waals surface area contributed by atoms with Gasteiger partial charge in [-0.15, -0.1) is 0 Å². The zero-order chi connectivity index (χ0) is 23.8. The molecule has 0 unspecified atom stereocenters. The lowest BCUT2D eigenvalue weighted by Crippen LogP contribution is -2.09. The Morgan fingerprint density at radius 1 is 1.06 bits per heavy atom. The Bertz CT molecular complexity index is 1230. The molecule has 0 saturated carbocycles. The van der Waals surface area contributed by atoms with Crippen LogP contribution in [0.2, 0.25) is 0 Å². The number of nitrogens with zero attached hydrogens (tertiary/aromatic N) is 1. The van der Waals surface area contributed by atoms with E-state index in [9.17, 15) is 21.6 Å². The lowest BCUT2D eigenvalue weighted by atomic mass is 10.1. The van der Waals surface area contributed by atoms with Crippen molar-refractivity contribution in [3.63, 3.8) is 0 Å². The van der Waals surface area contributed by atoms with Crippen LogP contribution >= 0.6 is 0 Å². The van der Waals surface area contributed by atoms with Gasteiger partial charge in [0.05, 0.1) is 31.4 Å². The van der Waals surface area contributed by atoms with Crippen LogP contribution in [0.3, 0.4) is 0 Å². The zero-order valence-corrected chi connectivity index (χ0v) is 18.9. The minimum absolute atomic E-state index is 0.0416. The van der Waals surface area contributed by atoms with Crippen LogP contribution in [0.5, 0.6) is 5.75 Å². The highest BCUT2D eigenvalue weighted by molar-refractivity contribution is 7.86. The molecule has 10 nitrogen and oxygen atoms in total.